The van der Waals surface area contributed by atoms with Crippen LogP contribution in [0.4, 0.5) is 10.5 Å². The maximum absolute atomic E-state index is 12.7. The lowest BCUT2D eigenvalue weighted by molar-refractivity contribution is 0.0956. The molecule has 0 aromatic heterocycles. The predicted octanol–water partition coefficient (Wildman–Crippen LogP) is 3.04. The standard InChI is InChI=1S/C21H27N3O4/c1-4-22-20(27)16-10-9-14(3)18(12-16)23-21(28)24(5-2)13-19(26)15-7-6-8-17(25)11-15/h6-12,19,25-26H,4-5,13H2,1-3H3,(H,22,27)(H,23,28)/t19-/m0/s1. The Bertz CT molecular complexity index is 838. The number of carbonyl (C=O) groups excluding carboxylic acids is 2. The largest absolute Gasteiger partial charge is 0.508 e. The van der Waals surface area contributed by atoms with Gasteiger partial charge in [-0.15, -0.1) is 0 Å². The van der Waals surface area contributed by atoms with Crippen molar-refractivity contribution >= 4 is 17.6 Å². The molecule has 150 valence electrons. The molecule has 0 aliphatic rings. The molecule has 0 spiro atoms. The van der Waals surface area contributed by atoms with Gasteiger partial charge in [0.1, 0.15) is 5.75 Å². The van der Waals surface area contributed by atoms with Gasteiger partial charge in [0.15, 0.2) is 0 Å². The number of anilines is 1. The number of amides is 3. The van der Waals surface area contributed by atoms with Crippen molar-refractivity contribution in [3.8, 4) is 5.75 Å². The minimum Gasteiger partial charge on any atom is -0.508 e. The van der Waals surface area contributed by atoms with Gasteiger partial charge in [-0.1, -0.05) is 18.2 Å². The first-order valence-electron chi connectivity index (χ1n) is 9.27. The van der Waals surface area contributed by atoms with Crippen LogP contribution < -0.4 is 10.6 Å². The third-order valence-electron chi connectivity index (χ3n) is 4.40. The number of urea groups is 1. The molecule has 3 amide bonds. The van der Waals surface area contributed by atoms with Crippen LogP contribution in [0, 0.1) is 6.92 Å². The number of benzene rings is 2. The van der Waals surface area contributed by atoms with Gasteiger partial charge < -0.3 is 25.7 Å². The zero-order valence-corrected chi connectivity index (χ0v) is 16.4. The van der Waals surface area contributed by atoms with E-state index in [1.54, 1.807) is 30.3 Å². The van der Waals surface area contributed by atoms with Crippen molar-refractivity contribution in [1.29, 1.82) is 0 Å². The normalized spacial score (nSPS) is 11.6. The lowest BCUT2D eigenvalue weighted by atomic mass is 10.1. The van der Waals surface area contributed by atoms with E-state index in [0.29, 0.717) is 29.9 Å². The molecule has 0 heterocycles. The number of aromatic hydroxyl groups is 1. The molecule has 1 atom stereocenters. The summed E-state index contributed by atoms with van der Waals surface area (Å²) in [6.07, 6.45) is -0.930. The number of nitrogens with one attached hydrogen (secondary N) is 2. The van der Waals surface area contributed by atoms with Gasteiger partial charge in [0.05, 0.1) is 12.6 Å². The first-order chi connectivity index (χ1) is 13.3. The molecule has 2 aromatic rings. The van der Waals surface area contributed by atoms with Crippen molar-refractivity contribution < 1.29 is 19.8 Å². The SMILES string of the molecule is CCNC(=O)c1ccc(C)c(NC(=O)N(CC)C[C@H](O)c2cccc(O)c2)c1. The van der Waals surface area contributed by atoms with E-state index in [0.717, 1.165) is 5.56 Å². The zero-order valence-electron chi connectivity index (χ0n) is 16.4. The van der Waals surface area contributed by atoms with Gasteiger partial charge >= 0.3 is 6.03 Å². The second-order valence-electron chi connectivity index (χ2n) is 6.47. The highest BCUT2D eigenvalue weighted by Gasteiger charge is 2.19. The fourth-order valence-electron chi connectivity index (χ4n) is 2.76. The van der Waals surface area contributed by atoms with E-state index in [-0.39, 0.29) is 24.2 Å². The fraction of sp³-hybridized carbons (Fsp3) is 0.333. The van der Waals surface area contributed by atoms with E-state index < -0.39 is 6.10 Å². The van der Waals surface area contributed by atoms with E-state index in [9.17, 15) is 19.8 Å². The number of hydrogen-bond donors (Lipinski definition) is 4. The Morgan fingerprint density at radius 3 is 2.54 bits per heavy atom. The lowest BCUT2D eigenvalue weighted by Gasteiger charge is -2.25. The van der Waals surface area contributed by atoms with Gasteiger partial charge in [0.25, 0.3) is 5.91 Å². The van der Waals surface area contributed by atoms with Crippen LogP contribution in [0.3, 0.4) is 0 Å². The second kappa shape index (κ2) is 9.75. The van der Waals surface area contributed by atoms with Gasteiger partial charge in [-0.05, 0) is 56.2 Å². The van der Waals surface area contributed by atoms with E-state index in [1.165, 1.54) is 17.0 Å². The predicted molar refractivity (Wildman–Crippen MR) is 109 cm³/mol. The van der Waals surface area contributed by atoms with Crippen LogP contribution in [0.15, 0.2) is 42.5 Å². The van der Waals surface area contributed by atoms with E-state index in [4.69, 9.17) is 0 Å². The van der Waals surface area contributed by atoms with E-state index >= 15 is 0 Å². The molecule has 7 nitrogen and oxygen atoms in total. The van der Waals surface area contributed by atoms with Crippen molar-refractivity contribution in [2.75, 3.05) is 25.0 Å². The zero-order chi connectivity index (χ0) is 20.7. The Balaban J connectivity index is 2.11. The quantitative estimate of drug-likeness (QED) is 0.588. The number of carbonyl (C=O) groups is 2. The van der Waals surface area contributed by atoms with Gasteiger partial charge in [-0.25, -0.2) is 4.79 Å². The number of rotatable bonds is 7. The summed E-state index contributed by atoms with van der Waals surface area (Å²) < 4.78 is 0. The topological polar surface area (TPSA) is 102 Å². The molecule has 0 radical (unpaired) electrons. The minimum atomic E-state index is -0.930. The van der Waals surface area contributed by atoms with Gasteiger partial charge in [-0.2, -0.15) is 0 Å². The molecule has 0 aliphatic heterocycles. The molecule has 0 saturated heterocycles. The summed E-state index contributed by atoms with van der Waals surface area (Å²) in [5, 5.41) is 25.5. The van der Waals surface area contributed by atoms with Crippen molar-refractivity contribution in [1.82, 2.24) is 10.2 Å². The molecule has 28 heavy (non-hydrogen) atoms. The Hall–Kier alpha value is -3.06. The Morgan fingerprint density at radius 2 is 1.89 bits per heavy atom. The average Bonchev–Trinajstić information content (AvgIpc) is 2.67. The first-order valence-corrected chi connectivity index (χ1v) is 9.27. The molecule has 2 aromatic carbocycles. The summed E-state index contributed by atoms with van der Waals surface area (Å²) in [6, 6.07) is 11.1. The molecule has 0 fully saturated rings. The molecule has 7 heteroatoms. The van der Waals surface area contributed by atoms with Crippen LogP contribution in [-0.2, 0) is 0 Å². The van der Waals surface area contributed by atoms with Gasteiger partial charge in [0.2, 0.25) is 0 Å². The average molecular weight is 385 g/mol. The van der Waals surface area contributed by atoms with E-state index in [2.05, 4.69) is 10.6 Å². The molecule has 4 N–H and O–H groups in total. The molecular formula is C21H27N3O4. The maximum Gasteiger partial charge on any atom is 0.321 e. The van der Waals surface area contributed by atoms with E-state index in [1.807, 2.05) is 20.8 Å². The minimum absolute atomic E-state index is 0.0573. The van der Waals surface area contributed by atoms with Crippen molar-refractivity contribution in [3.63, 3.8) is 0 Å². The van der Waals surface area contributed by atoms with Crippen LogP contribution in [0.2, 0.25) is 0 Å². The van der Waals surface area contributed by atoms with Crippen molar-refractivity contribution in [2.24, 2.45) is 0 Å². The highest BCUT2D eigenvalue weighted by atomic mass is 16.3. The number of aliphatic hydroxyl groups excluding tert-OH is 1. The number of aliphatic hydroxyl groups is 1. The Kier molecular flexibility index (Phi) is 7.40. The summed E-state index contributed by atoms with van der Waals surface area (Å²) in [6.45, 7) is 6.47. The fourth-order valence-corrected chi connectivity index (χ4v) is 2.76. The Morgan fingerprint density at radius 1 is 1.14 bits per heavy atom. The highest BCUT2D eigenvalue weighted by Crippen LogP contribution is 2.21. The van der Waals surface area contributed by atoms with Crippen LogP contribution in [-0.4, -0.2) is 46.7 Å². The molecule has 0 saturated carbocycles. The first kappa shape index (κ1) is 21.2. The number of likely N-dealkylation sites (N-methyl/N-ethyl adjacent to an activating group) is 1. The van der Waals surface area contributed by atoms with Crippen LogP contribution in [0.25, 0.3) is 0 Å². The molecule has 0 bridgehead atoms. The number of phenolic OH excluding ortho intramolecular Hbond substituents is 1. The smallest absolute Gasteiger partial charge is 0.321 e. The number of aryl methyl sites for hydroxylation is 1. The molecule has 2 rings (SSSR count). The maximum atomic E-state index is 12.7. The highest BCUT2D eigenvalue weighted by molar-refractivity contribution is 5.97. The number of phenols is 1. The van der Waals surface area contributed by atoms with Crippen LogP contribution in [0.1, 0.15) is 41.4 Å². The molecular weight excluding hydrogens is 358 g/mol. The summed E-state index contributed by atoms with van der Waals surface area (Å²) in [4.78, 5) is 26.2. The summed E-state index contributed by atoms with van der Waals surface area (Å²) in [5.41, 5.74) is 2.36. The van der Waals surface area contributed by atoms with Gasteiger partial charge in [-0.3, -0.25) is 4.79 Å². The second-order valence-corrected chi connectivity index (χ2v) is 6.47. The molecule has 0 unspecified atom stereocenters. The number of hydrogen-bond acceptors (Lipinski definition) is 4. The third-order valence-corrected chi connectivity index (χ3v) is 4.40. The summed E-state index contributed by atoms with van der Waals surface area (Å²) in [7, 11) is 0. The van der Waals surface area contributed by atoms with Crippen molar-refractivity contribution in [3.05, 3.63) is 59.2 Å². The third kappa shape index (κ3) is 5.47. The number of nitrogens with zero attached hydrogens (tertiary/aromatic N) is 1. The van der Waals surface area contributed by atoms with Crippen molar-refractivity contribution in [2.45, 2.75) is 26.9 Å². The van der Waals surface area contributed by atoms with Gasteiger partial charge in [0, 0.05) is 24.3 Å². The lowest BCUT2D eigenvalue weighted by Crippen LogP contribution is -2.38. The van der Waals surface area contributed by atoms with Crippen LogP contribution in [0.5, 0.6) is 5.75 Å². The Labute approximate surface area is 165 Å². The monoisotopic (exact) mass is 385 g/mol. The summed E-state index contributed by atoms with van der Waals surface area (Å²) >= 11 is 0. The summed E-state index contributed by atoms with van der Waals surface area (Å²) in [5.74, 6) is -0.147. The van der Waals surface area contributed by atoms with Crippen LogP contribution >= 0.6 is 0 Å². The molecule has 0 aliphatic carbocycles.